The van der Waals surface area contributed by atoms with Crippen molar-refractivity contribution in [2.75, 3.05) is 0 Å². The monoisotopic (exact) mass is 188 g/mol. The fourth-order valence-electron chi connectivity index (χ4n) is 0.556. The molecule has 0 aliphatic rings. The third-order valence-corrected chi connectivity index (χ3v) is 0.978. The van der Waals surface area contributed by atoms with E-state index in [0.29, 0.717) is 0 Å². The zero-order valence-electron chi connectivity index (χ0n) is 5.59. The van der Waals surface area contributed by atoms with Crippen LogP contribution in [0.5, 0.6) is 0 Å². The molecule has 40 valence electrons. The van der Waals surface area contributed by atoms with Gasteiger partial charge < -0.3 is 0 Å². The zero-order chi connectivity index (χ0) is 5.82. The fourth-order valence-corrected chi connectivity index (χ4v) is 0.556. The standard InChI is InChI=1S/C8H7.Rb/c1-2-8-6-4-3-5-7-8;/h3-7H,1H2;/q-1;+1. The molecular formula is C8H7Rb. The molecule has 0 N–H and O–H groups in total. The van der Waals surface area contributed by atoms with Crippen molar-refractivity contribution in [1.29, 1.82) is 0 Å². The first kappa shape index (κ1) is 9.77. The Morgan fingerprint density at radius 3 is 2.00 bits per heavy atom. The predicted octanol–water partition coefficient (Wildman–Crippen LogP) is -0.972. The molecule has 0 atom stereocenters. The summed E-state index contributed by atoms with van der Waals surface area (Å²) in [5.74, 6) is 0. The van der Waals surface area contributed by atoms with E-state index < -0.39 is 0 Å². The number of benzene rings is 1. The Bertz CT molecular complexity index is 167. The Hall–Kier alpha value is 0.765. The normalized spacial score (nSPS) is 7.56. The molecule has 1 aromatic rings. The molecule has 1 aromatic carbocycles. The number of hydrogen-bond donors (Lipinski definition) is 0. The molecule has 1 rings (SSSR count). The van der Waals surface area contributed by atoms with Crippen LogP contribution in [0.25, 0.3) is 0 Å². The minimum Gasteiger partial charge on any atom is -0.193 e. The largest absolute Gasteiger partial charge is 1.00 e. The van der Waals surface area contributed by atoms with Crippen LogP contribution in [0.1, 0.15) is 5.56 Å². The van der Waals surface area contributed by atoms with Crippen molar-refractivity contribution < 1.29 is 58.2 Å². The SMILES string of the molecule is C=[C-]c1ccccc1.[Rb+]. The fraction of sp³-hybridized carbons (Fsp3) is 0. The van der Waals surface area contributed by atoms with Gasteiger partial charge in [0.2, 0.25) is 0 Å². The molecule has 0 aromatic heterocycles. The number of hydrogen-bond acceptors (Lipinski definition) is 0. The van der Waals surface area contributed by atoms with Crippen LogP contribution in [0.15, 0.2) is 36.9 Å². The van der Waals surface area contributed by atoms with E-state index in [0.717, 1.165) is 5.56 Å². The summed E-state index contributed by atoms with van der Waals surface area (Å²) >= 11 is 0. The maximum absolute atomic E-state index is 3.51. The van der Waals surface area contributed by atoms with Crippen LogP contribution in [0.4, 0.5) is 0 Å². The van der Waals surface area contributed by atoms with Crippen LogP contribution in [0, 0.1) is 6.08 Å². The van der Waals surface area contributed by atoms with Gasteiger partial charge in [-0.1, -0.05) is 6.07 Å². The molecule has 0 saturated carbocycles. The maximum Gasteiger partial charge on any atom is 1.00 e. The Morgan fingerprint density at radius 2 is 1.67 bits per heavy atom. The third-order valence-electron chi connectivity index (χ3n) is 0.978. The first-order chi connectivity index (χ1) is 3.93. The van der Waals surface area contributed by atoms with Crippen molar-refractivity contribution in [2.45, 2.75) is 0 Å². The second-order valence-corrected chi connectivity index (χ2v) is 1.54. The van der Waals surface area contributed by atoms with E-state index in [-0.39, 0.29) is 58.2 Å². The zero-order valence-corrected chi connectivity index (χ0v) is 10.5. The molecule has 0 amide bonds. The Kier molecular flexibility index (Phi) is 6.01. The molecule has 9 heavy (non-hydrogen) atoms. The van der Waals surface area contributed by atoms with Crippen molar-refractivity contribution in [3.63, 3.8) is 0 Å². The minimum absolute atomic E-state index is 0. The molecular weight excluding hydrogens is 182 g/mol. The van der Waals surface area contributed by atoms with E-state index >= 15 is 0 Å². The minimum atomic E-state index is 0. The van der Waals surface area contributed by atoms with Gasteiger partial charge in [-0.05, 0) is 0 Å². The molecule has 0 unspecified atom stereocenters. The second-order valence-electron chi connectivity index (χ2n) is 1.54. The van der Waals surface area contributed by atoms with Crippen LogP contribution in [-0.2, 0) is 0 Å². The van der Waals surface area contributed by atoms with Crippen molar-refractivity contribution in [3.05, 3.63) is 48.6 Å². The summed E-state index contributed by atoms with van der Waals surface area (Å²) in [5.41, 5.74) is 1.05. The first-order valence-electron chi connectivity index (χ1n) is 2.51. The summed E-state index contributed by atoms with van der Waals surface area (Å²) in [4.78, 5) is 0. The van der Waals surface area contributed by atoms with Gasteiger partial charge in [0, 0.05) is 0 Å². The van der Waals surface area contributed by atoms with Gasteiger partial charge in [0.15, 0.2) is 0 Å². The summed E-state index contributed by atoms with van der Waals surface area (Å²) in [6.07, 6.45) is 2.78. The van der Waals surface area contributed by atoms with Crippen molar-refractivity contribution >= 4 is 0 Å². The molecule has 0 heterocycles. The molecule has 0 aliphatic carbocycles. The smallest absolute Gasteiger partial charge is 0.193 e. The van der Waals surface area contributed by atoms with Crippen LogP contribution in [-0.4, -0.2) is 0 Å². The van der Waals surface area contributed by atoms with Crippen LogP contribution in [0.3, 0.4) is 0 Å². The topological polar surface area (TPSA) is 0 Å². The molecule has 0 nitrogen and oxygen atoms in total. The Balaban J connectivity index is 0.000000640. The summed E-state index contributed by atoms with van der Waals surface area (Å²) in [5, 5.41) is 0. The van der Waals surface area contributed by atoms with E-state index in [1.165, 1.54) is 0 Å². The van der Waals surface area contributed by atoms with Gasteiger partial charge in [-0.25, -0.2) is 0 Å². The molecule has 0 fully saturated rings. The van der Waals surface area contributed by atoms with E-state index in [9.17, 15) is 0 Å². The summed E-state index contributed by atoms with van der Waals surface area (Å²) in [6, 6.07) is 9.84. The van der Waals surface area contributed by atoms with Crippen LogP contribution >= 0.6 is 0 Å². The molecule has 0 radical (unpaired) electrons. The summed E-state index contributed by atoms with van der Waals surface area (Å²) < 4.78 is 0. The molecule has 0 spiro atoms. The Morgan fingerprint density at radius 1 is 1.11 bits per heavy atom. The van der Waals surface area contributed by atoms with Crippen molar-refractivity contribution in [3.8, 4) is 0 Å². The molecule has 0 bridgehead atoms. The Labute approximate surface area is 105 Å². The average molecular weight is 189 g/mol. The van der Waals surface area contributed by atoms with E-state index in [1.54, 1.807) is 0 Å². The summed E-state index contributed by atoms with van der Waals surface area (Å²) in [7, 11) is 0. The van der Waals surface area contributed by atoms with Crippen molar-refractivity contribution in [1.82, 2.24) is 0 Å². The van der Waals surface area contributed by atoms with Gasteiger partial charge in [-0.15, -0.1) is 12.1 Å². The third kappa shape index (κ3) is 3.46. The predicted molar refractivity (Wildman–Crippen MR) is 34.4 cm³/mol. The quantitative estimate of drug-likeness (QED) is 0.498. The van der Waals surface area contributed by atoms with Gasteiger partial charge in [-0.3, -0.25) is 0 Å². The second kappa shape index (κ2) is 5.54. The van der Waals surface area contributed by atoms with Crippen LogP contribution < -0.4 is 58.2 Å². The van der Waals surface area contributed by atoms with Gasteiger partial charge in [0.05, 0.1) is 0 Å². The van der Waals surface area contributed by atoms with E-state index in [2.05, 4.69) is 12.7 Å². The molecule has 0 saturated heterocycles. The van der Waals surface area contributed by atoms with Crippen molar-refractivity contribution in [2.24, 2.45) is 0 Å². The molecule has 0 aliphatic heterocycles. The van der Waals surface area contributed by atoms with E-state index in [1.807, 2.05) is 30.3 Å². The maximum atomic E-state index is 3.51. The molecule has 1 heteroatoms. The van der Waals surface area contributed by atoms with Gasteiger partial charge in [0.25, 0.3) is 0 Å². The number of rotatable bonds is 1. The summed E-state index contributed by atoms with van der Waals surface area (Å²) in [6.45, 7) is 3.51. The van der Waals surface area contributed by atoms with Gasteiger partial charge in [0.1, 0.15) is 0 Å². The average Bonchev–Trinajstić information content (AvgIpc) is 1.90. The van der Waals surface area contributed by atoms with Crippen LogP contribution in [0.2, 0.25) is 0 Å². The van der Waals surface area contributed by atoms with Gasteiger partial charge >= 0.3 is 58.2 Å². The first-order valence-corrected chi connectivity index (χ1v) is 2.51. The van der Waals surface area contributed by atoms with Gasteiger partial charge in [-0.2, -0.15) is 30.4 Å². The van der Waals surface area contributed by atoms with E-state index in [4.69, 9.17) is 0 Å².